The Balaban J connectivity index is 1.98. The predicted octanol–water partition coefficient (Wildman–Crippen LogP) is 1.56. The van der Waals surface area contributed by atoms with Crippen LogP contribution in [-0.4, -0.2) is 28.3 Å². The molecule has 2 rings (SSSR count). The number of hydrogen-bond donors (Lipinski definition) is 3. The Morgan fingerprint density at radius 1 is 1.37 bits per heavy atom. The fourth-order valence-electron chi connectivity index (χ4n) is 2.55. The van der Waals surface area contributed by atoms with Gasteiger partial charge >= 0.3 is 5.97 Å². The minimum atomic E-state index is -0.813. The van der Waals surface area contributed by atoms with E-state index in [9.17, 15) is 9.90 Å². The number of aliphatic hydroxyl groups is 1. The molecule has 1 saturated carbocycles. The van der Waals surface area contributed by atoms with Gasteiger partial charge in [-0.2, -0.15) is 0 Å². The highest BCUT2D eigenvalue weighted by Crippen LogP contribution is 2.40. The molecule has 1 aliphatic rings. The van der Waals surface area contributed by atoms with E-state index in [1.807, 2.05) is 38.1 Å². The predicted molar refractivity (Wildman–Crippen MR) is 72.8 cm³/mol. The zero-order valence-corrected chi connectivity index (χ0v) is 11.4. The Kier molecular flexibility index (Phi) is 3.92. The highest BCUT2D eigenvalue weighted by atomic mass is 16.4. The van der Waals surface area contributed by atoms with E-state index >= 15 is 0 Å². The lowest BCUT2D eigenvalue weighted by Crippen LogP contribution is -2.59. The highest BCUT2D eigenvalue weighted by Gasteiger charge is 2.46. The molecule has 19 heavy (non-hydrogen) atoms. The van der Waals surface area contributed by atoms with Crippen LogP contribution in [0.1, 0.15) is 31.4 Å². The quantitative estimate of drug-likeness (QED) is 0.754. The molecule has 104 valence electrons. The van der Waals surface area contributed by atoms with Crippen molar-refractivity contribution in [2.45, 2.75) is 45.4 Å². The molecular formula is C15H21NO3. The van der Waals surface area contributed by atoms with Crippen LogP contribution in [0.3, 0.4) is 0 Å². The van der Waals surface area contributed by atoms with Gasteiger partial charge in [0.25, 0.3) is 0 Å². The van der Waals surface area contributed by atoms with E-state index in [2.05, 4.69) is 5.32 Å². The summed E-state index contributed by atoms with van der Waals surface area (Å²) in [7, 11) is 0. The number of carboxylic acids is 1. The van der Waals surface area contributed by atoms with E-state index in [1.54, 1.807) is 0 Å². The van der Waals surface area contributed by atoms with Crippen LogP contribution < -0.4 is 5.32 Å². The molecule has 1 aromatic rings. The SMILES string of the molecule is CC1(C)C(O)CC1NCc1ccccc1CC(=O)O. The van der Waals surface area contributed by atoms with Gasteiger partial charge in [-0.25, -0.2) is 0 Å². The van der Waals surface area contributed by atoms with Gasteiger partial charge in [-0.15, -0.1) is 0 Å². The van der Waals surface area contributed by atoms with Crippen molar-refractivity contribution in [1.82, 2.24) is 5.32 Å². The average Bonchev–Trinajstić information content (AvgIpc) is 2.35. The molecule has 4 nitrogen and oxygen atoms in total. The molecule has 0 amide bonds. The number of carbonyl (C=O) groups is 1. The van der Waals surface area contributed by atoms with Gasteiger partial charge in [0.05, 0.1) is 12.5 Å². The summed E-state index contributed by atoms with van der Waals surface area (Å²) in [6, 6.07) is 7.86. The van der Waals surface area contributed by atoms with Gasteiger partial charge in [0.15, 0.2) is 0 Å². The minimum absolute atomic E-state index is 0.0501. The number of rotatable bonds is 5. The van der Waals surface area contributed by atoms with Crippen LogP contribution in [0.2, 0.25) is 0 Å². The molecule has 1 aromatic carbocycles. The van der Waals surface area contributed by atoms with E-state index < -0.39 is 5.97 Å². The molecule has 4 heteroatoms. The first-order valence-electron chi connectivity index (χ1n) is 6.61. The van der Waals surface area contributed by atoms with Crippen LogP contribution in [0.5, 0.6) is 0 Å². The summed E-state index contributed by atoms with van der Waals surface area (Å²) in [6.07, 6.45) is 0.557. The van der Waals surface area contributed by atoms with Gasteiger partial charge < -0.3 is 15.5 Å². The fraction of sp³-hybridized carbons (Fsp3) is 0.533. The lowest BCUT2D eigenvalue weighted by atomic mass is 9.64. The van der Waals surface area contributed by atoms with Crippen molar-refractivity contribution in [2.24, 2.45) is 5.41 Å². The Labute approximate surface area is 113 Å². The van der Waals surface area contributed by atoms with Gasteiger partial charge in [0.1, 0.15) is 0 Å². The maximum absolute atomic E-state index is 10.8. The number of aliphatic hydroxyl groups excluding tert-OH is 1. The standard InChI is InChI=1S/C15H21NO3/c1-15(2)12(8-13(15)17)16-9-11-6-4-3-5-10(11)7-14(18)19/h3-6,12-13,16-17H,7-9H2,1-2H3,(H,18,19). The Morgan fingerprint density at radius 3 is 2.53 bits per heavy atom. The smallest absolute Gasteiger partial charge is 0.307 e. The number of aliphatic carboxylic acids is 1. The van der Waals surface area contributed by atoms with E-state index in [0.29, 0.717) is 6.54 Å². The summed E-state index contributed by atoms with van der Waals surface area (Å²) in [4.78, 5) is 10.8. The molecule has 0 bridgehead atoms. The van der Waals surface area contributed by atoms with E-state index in [-0.39, 0.29) is 24.0 Å². The zero-order chi connectivity index (χ0) is 14.0. The molecule has 1 aliphatic carbocycles. The summed E-state index contributed by atoms with van der Waals surface area (Å²) >= 11 is 0. The van der Waals surface area contributed by atoms with Crippen molar-refractivity contribution >= 4 is 5.97 Å². The van der Waals surface area contributed by atoms with Gasteiger partial charge in [0, 0.05) is 18.0 Å². The molecule has 1 fully saturated rings. The highest BCUT2D eigenvalue weighted by molar-refractivity contribution is 5.70. The van der Waals surface area contributed by atoms with Crippen LogP contribution in [-0.2, 0) is 17.8 Å². The Bertz CT molecular complexity index is 470. The molecule has 0 spiro atoms. The lowest BCUT2D eigenvalue weighted by Gasteiger charge is -2.49. The van der Waals surface area contributed by atoms with Crippen LogP contribution in [0, 0.1) is 5.41 Å². The van der Waals surface area contributed by atoms with Crippen LogP contribution >= 0.6 is 0 Å². The first-order valence-corrected chi connectivity index (χ1v) is 6.61. The van der Waals surface area contributed by atoms with Crippen molar-refractivity contribution in [3.05, 3.63) is 35.4 Å². The maximum atomic E-state index is 10.8. The molecule has 2 atom stereocenters. The van der Waals surface area contributed by atoms with E-state index in [1.165, 1.54) is 0 Å². The normalized spacial score (nSPS) is 24.8. The molecule has 3 N–H and O–H groups in total. The second-order valence-electron chi connectivity index (χ2n) is 5.85. The number of benzene rings is 1. The van der Waals surface area contributed by atoms with Crippen LogP contribution in [0.4, 0.5) is 0 Å². The first-order chi connectivity index (χ1) is 8.91. The lowest BCUT2D eigenvalue weighted by molar-refractivity contribution is -0.136. The monoisotopic (exact) mass is 263 g/mol. The zero-order valence-electron chi connectivity index (χ0n) is 11.4. The number of hydrogen-bond acceptors (Lipinski definition) is 3. The molecule has 0 aromatic heterocycles. The van der Waals surface area contributed by atoms with Gasteiger partial charge in [-0.3, -0.25) is 4.79 Å². The van der Waals surface area contributed by atoms with Crippen LogP contribution in [0.15, 0.2) is 24.3 Å². The third-order valence-corrected chi connectivity index (χ3v) is 4.21. The third-order valence-electron chi connectivity index (χ3n) is 4.21. The summed E-state index contributed by atoms with van der Waals surface area (Å²) in [5.41, 5.74) is 1.75. The summed E-state index contributed by atoms with van der Waals surface area (Å²) in [6.45, 7) is 4.73. The molecule has 0 saturated heterocycles. The topological polar surface area (TPSA) is 69.6 Å². The largest absolute Gasteiger partial charge is 0.481 e. The van der Waals surface area contributed by atoms with Crippen molar-refractivity contribution in [2.75, 3.05) is 0 Å². The van der Waals surface area contributed by atoms with E-state index in [4.69, 9.17) is 5.11 Å². The first kappa shape index (κ1) is 14.0. The fourth-order valence-corrected chi connectivity index (χ4v) is 2.55. The van der Waals surface area contributed by atoms with E-state index in [0.717, 1.165) is 17.5 Å². The number of carboxylic acid groups (broad SMARTS) is 1. The average molecular weight is 263 g/mol. The Morgan fingerprint density at radius 2 is 2.00 bits per heavy atom. The summed E-state index contributed by atoms with van der Waals surface area (Å²) in [5.74, 6) is -0.813. The van der Waals surface area contributed by atoms with Crippen molar-refractivity contribution in [3.63, 3.8) is 0 Å². The van der Waals surface area contributed by atoms with Gasteiger partial charge in [0.2, 0.25) is 0 Å². The molecule has 0 radical (unpaired) electrons. The minimum Gasteiger partial charge on any atom is -0.481 e. The van der Waals surface area contributed by atoms with Crippen molar-refractivity contribution in [3.8, 4) is 0 Å². The summed E-state index contributed by atoms with van der Waals surface area (Å²) < 4.78 is 0. The summed E-state index contributed by atoms with van der Waals surface area (Å²) in [5, 5.41) is 22.0. The third kappa shape index (κ3) is 2.96. The van der Waals surface area contributed by atoms with Gasteiger partial charge in [-0.1, -0.05) is 38.1 Å². The van der Waals surface area contributed by atoms with Crippen molar-refractivity contribution < 1.29 is 15.0 Å². The van der Waals surface area contributed by atoms with Gasteiger partial charge in [-0.05, 0) is 17.5 Å². The second kappa shape index (κ2) is 5.31. The van der Waals surface area contributed by atoms with Crippen molar-refractivity contribution in [1.29, 1.82) is 0 Å². The maximum Gasteiger partial charge on any atom is 0.307 e. The number of nitrogens with one attached hydrogen (secondary N) is 1. The second-order valence-corrected chi connectivity index (χ2v) is 5.85. The molecular weight excluding hydrogens is 242 g/mol. The molecule has 0 heterocycles. The molecule has 0 aliphatic heterocycles. The Hall–Kier alpha value is -1.39. The molecule has 2 unspecified atom stereocenters. The van der Waals surface area contributed by atoms with Crippen LogP contribution in [0.25, 0.3) is 0 Å².